The first kappa shape index (κ1) is 22.5. The molecule has 0 spiro atoms. The van der Waals surface area contributed by atoms with Crippen LogP contribution in [0.5, 0.6) is 5.75 Å². The fraction of sp³-hybridized carbons (Fsp3) is 0.143. The Kier molecular flexibility index (Phi) is 6.18. The van der Waals surface area contributed by atoms with Crippen LogP contribution in [0.25, 0.3) is 0 Å². The number of halogens is 7. The summed E-state index contributed by atoms with van der Waals surface area (Å²) in [7, 11) is 0. The highest BCUT2D eigenvalue weighted by Gasteiger charge is 2.61. The van der Waals surface area contributed by atoms with Crippen molar-refractivity contribution in [2.45, 2.75) is 12.3 Å². The van der Waals surface area contributed by atoms with Crippen molar-refractivity contribution in [3.05, 3.63) is 60.1 Å². The van der Waals surface area contributed by atoms with Crippen molar-refractivity contribution in [2.24, 2.45) is 0 Å². The summed E-state index contributed by atoms with van der Waals surface area (Å²) in [6, 6.07) is 4.20. The molecule has 0 saturated heterocycles. The van der Waals surface area contributed by atoms with E-state index in [1.807, 2.05) is 0 Å². The van der Waals surface area contributed by atoms with Gasteiger partial charge in [0.1, 0.15) is 5.75 Å². The zero-order valence-electron chi connectivity index (χ0n) is 13.5. The predicted octanol–water partition coefficient (Wildman–Crippen LogP) is 6.20. The lowest BCUT2D eigenvalue weighted by Crippen LogP contribution is -2.41. The minimum Gasteiger partial charge on any atom is -0.426 e. The van der Waals surface area contributed by atoms with E-state index in [0.717, 1.165) is 24.3 Å². The van der Waals surface area contributed by atoms with E-state index in [1.165, 1.54) is 0 Å². The maximum Gasteiger partial charge on any atom is 0.499 e. The molecule has 0 bridgehead atoms. The van der Waals surface area contributed by atoms with E-state index in [1.54, 1.807) is 0 Å². The van der Waals surface area contributed by atoms with Crippen LogP contribution in [0.2, 0.25) is 5.02 Å². The average Bonchev–Trinajstić information content (AvgIpc) is 2.56. The molecule has 29 heavy (non-hydrogen) atoms. The highest BCUT2D eigenvalue weighted by Crippen LogP contribution is 2.42. The summed E-state index contributed by atoms with van der Waals surface area (Å²) < 4.78 is 66.3. The molecule has 0 saturated carbocycles. The van der Waals surface area contributed by atoms with Crippen LogP contribution in [0.3, 0.4) is 0 Å². The maximum absolute atomic E-state index is 13.0. The molecular weight excluding hydrogens is 501 g/mol. The van der Waals surface area contributed by atoms with Crippen LogP contribution in [0.1, 0.15) is 0 Å². The van der Waals surface area contributed by atoms with E-state index < -0.39 is 39.3 Å². The average molecular weight is 507 g/mol. The molecule has 0 unspecified atom stereocenters. The lowest BCUT2D eigenvalue weighted by molar-refractivity contribution is -0.422. The second kappa shape index (κ2) is 7.94. The van der Waals surface area contributed by atoms with E-state index >= 15 is 0 Å². The van der Waals surface area contributed by atoms with Crippen LogP contribution < -0.4 is 10.1 Å². The topological polar surface area (TPSA) is 108 Å². The summed E-state index contributed by atoms with van der Waals surface area (Å²) >= 11 is 8.77. The molecule has 0 aliphatic rings. The molecule has 0 amide bonds. The number of alkyl halides is 5. The highest BCUT2D eigenvalue weighted by atomic mass is 79.9. The third-order valence-electron chi connectivity index (χ3n) is 3.23. The highest BCUT2D eigenvalue weighted by molar-refractivity contribution is 9.10. The van der Waals surface area contributed by atoms with Gasteiger partial charge in [-0.05, 0) is 28.1 Å². The van der Waals surface area contributed by atoms with Gasteiger partial charge < -0.3 is 10.1 Å². The van der Waals surface area contributed by atoms with Crippen LogP contribution in [0.4, 0.5) is 44.7 Å². The molecule has 1 N–H and O–H groups in total. The molecule has 0 heterocycles. The van der Waals surface area contributed by atoms with Gasteiger partial charge in [0.2, 0.25) is 0 Å². The van der Waals surface area contributed by atoms with Crippen molar-refractivity contribution < 1.29 is 36.5 Å². The smallest absolute Gasteiger partial charge is 0.426 e. The van der Waals surface area contributed by atoms with E-state index in [2.05, 4.69) is 26.0 Å². The zero-order valence-corrected chi connectivity index (χ0v) is 15.8. The number of hydrogen-bond acceptors (Lipinski definition) is 6. The van der Waals surface area contributed by atoms with Crippen molar-refractivity contribution in [1.29, 1.82) is 0 Å². The third-order valence-corrected chi connectivity index (χ3v) is 4.15. The molecule has 8 nitrogen and oxygen atoms in total. The Labute approximate surface area is 170 Å². The van der Waals surface area contributed by atoms with Gasteiger partial charge in [0.25, 0.3) is 0 Å². The van der Waals surface area contributed by atoms with Crippen LogP contribution in [0.15, 0.2) is 34.8 Å². The van der Waals surface area contributed by atoms with Gasteiger partial charge in [-0.3, -0.25) is 20.2 Å². The Morgan fingerprint density at radius 1 is 1.00 bits per heavy atom. The molecule has 0 radical (unpaired) electrons. The van der Waals surface area contributed by atoms with E-state index in [-0.39, 0.29) is 20.9 Å². The first-order valence-electron chi connectivity index (χ1n) is 7.05. The second-order valence-corrected chi connectivity index (χ2v) is 6.48. The SMILES string of the molecule is O=[N+]([O-])c1ccc(Nc2c(Cl)cc(OC(F)(F)C(F)(F)F)cc2Br)cc1[N+](=O)[O-]. The van der Waals surface area contributed by atoms with Crippen LogP contribution in [0, 0.1) is 20.2 Å². The van der Waals surface area contributed by atoms with Crippen LogP contribution in [-0.4, -0.2) is 22.1 Å². The third kappa shape index (κ3) is 5.00. The van der Waals surface area contributed by atoms with E-state index in [9.17, 15) is 42.2 Å². The molecule has 0 atom stereocenters. The Morgan fingerprint density at radius 2 is 1.59 bits per heavy atom. The Bertz CT molecular complexity index is 966. The fourth-order valence-corrected chi connectivity index (χ4v) is 2.89. The molecule has 0 aliphatic carbocycles. The Hall–Kier alpha value is -2.74. The molecule has 2 aromatic rings. The molecule has 156 valence electrons. The van der Waals surface area contributed by atoms with Crippen LogP contribution >= 0.6 is 27.5 Å². The Balaban J connectivity index is 2.37. The molecule has 0 aliphatic heterocycles. The number of rotatable bonds is 6. The number of nitro benzene ring substituents is 2. The minimum absolute atomic E-state index is 0.0424. The van der Waals surface area contributed by atoms with Gasteiger partial charge in [-0.25, -0.2) is 0 Å². The summed E-state index contributed by atoms with van der Waals surface area (Å²) in [5.41, 5.74) is -1.72. The molecule has 2 rings (SSSR count). The number of nitrogens with zero attached hydrogens (tertiary/aromatic N) is 2. The van der Waals surface area contributed by atoms with Crippen molar-refractivity contribution in [2.75, 3.05) is 5.32 Å². The van der Waals surface area contributed by atoms with Crippen molar-refractivity contribution in [1.82, 2.24) is 0 Å². The van der Waals surface area contributed by atoms with Gasteiger partial charge in [0.15, 0.2) is 0 Å². The van der Waals surface area contributed by atoms with Crippen molar-refractivity contribution in [3.8, 4) is 5.75 Å². The zero-order chi connectivity index (χ0) is 22.1. The van der Waals surface area contributed by atoms with Gasteiger partial charge in [-0.15, -0.1) is 0 Å². The molecule has 0 aromatic heterocycles. The first-order valence-corrected chi connectivity index (χ1v) is 8.22. The number of ether oxygens (including phenoxy) is 1. The van der Waals surface area contributed by atoms with Gasteiger partial charge in [-0.1, -0.05) is 11.6 Å². The minimum atomic E-state index is -5.96. The monoisotopic (exact) mass is 505 g/mol. The largest absolute Gasteiger partial charge is 0.499 e. The first-order chi connectivity index (χ1) is 13.2. The summed E-state index contributed by atoms with van der Waals surface area (Å²) in [6.45, 7) is 0. The van der Waals surface area contributed by atoms with Crippen molar-refractivity contribution in [3.63, 3.8) is 0 Å². The quantitative estimate of drug-likeness (QED) is 0.284. The molecule has 15 heteroatoms. The number of nitro groups is 2. The van der Waals surface area contributed by atoms with Crippen molar-refractivity contribution >= 4 is 50.3 Å². The van der Waals surface area contributed by atoms with Gasteiger partial charge in [-0.2, -0.15) is 22.0 Å². The summed E-state index contributed by atoms with van der Waals surface area (Å²) in [5.74, 6) is -0.913. The van der Waals surface area contributed by atoms with Gasteiger partial charge in [0, 0.05) is 28.4 Å². The normalized spacial score (nSPS) is 11.8. The number of anilines is 2. The molecule has 2 aromatic carbocycles. The second-order valence-electron chi connectivity index (χ2n) is 5.22. The Morgan fingerprint density at radius 3 is 2.07 bits per heavy atom. The predicted molar refractivity (Wildman–Crippen MR) is 93.8 cm³/mol. The summed E-state index contributed by atoms with van der Waals surface area (Å²) in [5, 5.41) is 24.0. The molecular formula is C14H6BrClF5N3O5. The number of nitrogens with one attached hydrogen (secondary N) is 1. The molecule has 0 fully saturated rings. The summed E-state index contributed by atoms with van der Waals surface area (Å²) in [4.78, 5) is 19.9. The number of hydrogen-bond donors (Lipinski definition) is 1. The van der Waals surface area contributed by atoms with Crippen LogP contribution in [-0.2, 0) is 0 Å². The fourth-order valence-electron chi connectivity index (χ4n) is 1.98. The lowest BCUT2D eigenvalue weighted by atomic mass is 10.2. The maximum atomic E-state index is 13.0. The number of benzene rings is 2. The van der Waals surface area contributed by atoms with E-state index in [0.29, 0.717) is 6.07 Å². The standard InChI is InChI=1S/C14H6BrClF5N3O5/c15-8-4-7(29-14(20,21)13(17,18)19)5-9(16)12(8)22-6-1-2-10(23(25)26)11(3-6)24(27)28/h1-5,22H. The van der Waals surface area contributed by atoms with Gasteiger partial charge >= 0.3 is 23.7 Å². The van der Waals surface area contributed by atoms with Gasteiger partial charge in [0.05, 0.1) is 20.6 Å². The summed E-state index contributed by atoms with van der Waals surface area (Å²) in [6.07, 6.45) is -11.4. The lowest BCUT2D eigenvalue weighted by Gasteiger charge is -2.21. The van der Waals surface area contributed by atoms with E-state index in [4.69, 9.17) is 11.6 Å².